The topological polar surface area (TPSA) is 58.4 Å². The molecule has 1 saturated heterocycles. The summed E-state index contributed by atoms with van der Waals surface area (Å²) in [5, 5.41) is 3.55. The molecular weight excluding hydrogens is 274 g/mol. The van der Waals surface area contributed by atoms with E-state index in [1.54, 1.807) is 18.2 Å². The summed E-state index contributed by atoms with van der Waals surface area (Å²) in [6, 6.07) is 4.96. The molecule has 3 N–H and O–H groups in total. The lowest BCUT2D eigenvalue weighted by molar-refractivity contribution is 0.0892. The highest BCUT2D eigenvalue weighted by Gasteiger charge is 2.29. The van der Waals surface area contributed by atoms with Gasteiger partial charge < -0.3 is 16.0 Å². The van der Waals surface area contributed by atoms with Crippen molar-refractivity contribution >= 4 is 23.2 Å². The first-order valence-corrected chi connectivity index (χ1v) is 7.29. The van der Waals surface area contributed by atoms with E-state index in [4.69, 9.17) is 17.3 Å². The lowest BCUT2D eigenvalue weighted by Gasteiger charge is -2.38. The van der Waals surface area contributed by atoms with E-state index in [2.05, 4.69) is 24.2 Å². The maximum Gasteiger partial charge on any atom is 0.253 e. The minimum Gasteiger partial charge on any atom is -0.398 e. The summed E-state index contributed by atoms with van der Waals surface area (Å²) in [6.07, 6.45) is 2.19. The molecule has 0 aliphatic carbocycles. The van der Waals surface area contributed by atoms with Gasteiger partial charge in [0.15, 0.2) is 0 Å². The van der Waals surface area contributed by atoms with Crippen LogP contribution >= 0.6 is 11.6 Å². The monoisotopic (exact) mass is 295 g/mol. The Labute approximate surface area is 125 Å². The van der Waals surface area contributed by atoms with Gasteiger partial charge in [0.2, 0.25) is 0 Å². The molecule has 1 heterocycles. The Hall–Kier alpha value is -1.26. The van der Waals surface area contributed by atoms with Crippen LogP contribution in [0.15, 0.2) is 18.2 Å². The number of nitrogen functional groups attached to an aromatic ring is 1. The number of rotatable bonds is 3. The first-order valence-electron chi connectivity index (χ1n) is 6.91. The number of nitrogens with zero attached hydrogens (tertiary/aromatic N) is 1. The molecule has 1 fully saturated rings. The number of halogens is 1. The molecule has 1 aromatic carbocycles. The Morgan fingerprint density at radius 3 is 2.70 bits per heavy atom. The molecule has 0 bridgehead atoms. The molecule has 20 heavy (non-hydrogen) atoms. The second kappa shape index (κ2) is 6.02. The number of hydrogen-bond donors (Lipinski definition) is 2. The number of nitrogens with two attached hydrogens (primary N) is 1. The summed E-state index contributed by atoms with van der Waals surface area (Å²) in [5.41, 5.74) is 6.91. The van der Waals surface area contributed by atoms with E-state index in [1.165, 1.54) is 0 Å². The fraction of sp³-hybridized carbons (Fsp3) is 0.533. The number of hydrogen-bond acceptors (Lipinski definition) is 3. The minimum absolute atomic E-state index is 0.126. The molecule has 0 spiro atoms. The standard InChI is InChI=1S/C15H22ClN3O/c1-15(5-7-19(2)8-6-15)10-18-14(20)12-4-3-11(16)9-13(12)17/h3-4,9H,5-8,10,17H2,1-2H3,(H,18,20). The van der Waals surface area contributed by atoms with Crippen molar-refractivity contribution in [2.45, 2.75) is 19.8 Å². The second-order valence-electron chi connectivity index (χ2n) is 6.03. The zero-order valence-corrected chi connectivity index (χ0v) is 12.8. The molecule has 110 valence electrons. The van der Waals surface area contributed by atoms with E-state index in [-0.39, 0.29) is 11.3 Å². The normalized spacial score (nSPS) is 18.8. The Kier molecular flexibility index (Phi) is 4.55. The van der Waals surface area contributed by atoms with Gasteiger partial charge in [-0.05, 0) is 56.6 Å². The molecule has 0 radical (unpaired) electrons. The van der Waals surface area contributed by atoms with E-state index in [9.17, 15) is 4.79 Å². The van der Waals surface area contributed by atoms with Crippen LogP contribution in [0.5, 0.6) is 0 Å². The predicted molar refractivity (Wildman–Crippen MR) is 83.0 cm³/mol. The van der Waals surface area contributed by atoms with E-state index >= 15 is 0 Å². The van der Waals surface area contributed by atoms with E-state index < -0.39 is 0 Å². The van der Waals surface area contributed by atoms with E-state index in [0.29, 0.717) is 22.8 Å². The molecule has 1 aromatic rings. The molecule has 0 aromatic heterocycles. The van der Waals surface area contributed by atoms with Crippen LogP contribution in [0.1, 0.15) is 30.1 Å². The summed E-state index contributed by atoms with van der Waals surface area (Å²) < 4.78 is 0. The number of nitrogens with one attached hydrogen (secondary N) is 1. The number of anilines is 1. The smallest absolute Gasteiger partial charge is 0.253 e. The van der Waals surface area contributed by atoms with Gasteiger partial charge >= 0.3 is 0 Å². The third kappa shape index (κ3) is 3.64. The van der Waals surface area contributed by atoms with Crippen molar-refractivity contribution in [3.63, 3.8) is 0 Å². The highest BCUT2D eigenvalue weighted by Crippen LogP contribution is 2.29. The van der Waals surface area contributed by atoms with Crippen LogP contribution < -0.4 is 11.1 Å². The fourth-order valence-corrected chi connectivity index (χ4v) is 2.64. The highest BCUT2D eigenvalue weighted by molar-refractivity contribution is 6.31. The van der Waals surface area contributed by atoms with Crippen LogP contribution in [0.25, 0.3) is 0 Å². The number of amides is 1. The molecule has 1 amide bonds. The van der Waals surface area contributed by atoms with E-state index in [0.717, 1.165) is 25.9 Å². The maximum atomic E-state index is 12.2. The Balaban J connectivity index is 1.95. The van der Waals surface area contributed by atoms with Crippen molar-refractivity contribution in [2.75, 3.05) is 32.4 Å². The third-order valence-electron chi connectivity index (χ3n) is 4.13. The van der Waals surface area contributed by atoms with Gasteiger partial charge in [0.1, 0.15) is 0 Å². The third-order valence-corrected chi connectivity index (χ3v) is 4.36. The summed E-state index contributed by atoms with van der Waals surface area (Å²) >= 11 is 5.84. The van der Waals surface area contributed by atoms with Gasteiger partial charge in [-0.1, -0.05) is 18.5 Å². The molecule has 0 unspecified atom stereocenters. The van der Waals surface area contributed by atoms with Crippen molar-refractivity contribution in [3.05, 3.63) is 28.8 Å². The van der Waals surface area contributed by atoms with Gasteiger partial charge in [-0.25, -0.2) is 0 Å². The zero-order valence-electron chi connectivity index (χ0n) is 12.1. The van der Waals surface area contributed by atoms with E-state index in [1.807, 2.05) is 0 Å². The SMILES string of the molecule is CN1CCC(C)(CNC(=O)c2ccc(Cl)cc2N)CC1. The van der Waals surface area contributed by atoms with Gasteiger partial charge in [-0.3, -0.25) is 4.79 Å². The largest absolute Gasteiger partial charge is 0.398 e. The van der Waals surface area contributed by atoms with Crippen LogP contribution in [0.3, 0.4) is 0 Å². The van der Waals surface area contributed by atoms with Crippen molar-refractivity contribution < 1.29 is 4.79 Å². The predicted octanol–water partition coefficient (Wildman–Crippen LogP) is 2.38. The molecule has 0 atom stereocenters. The second-order valence-corrected chi connectivity index (χ2v) is 6.46. The fourth-order valence-electron chi connectivity index (χ4n) is 2.46. The number of carbonyl (C=O) groups excluding carboxylic acids is 1. The summed E-state index contributed by atoms with van der Waals surface area (Å²) in [4.78, 5) is 14.5. The van der Waals surface area contributed by atoms with Gasteiger partial charge in [0, 0.05) is 17.3 Å². The van der Waals surface area contributed by atoms with Crippen molar-refractivity contribution in [1.82, 2.24) is 10.2 Å². The molecule has 0 saturated carbocycles. The van der Waals surface area contributed by atoms with Crippen LogP contribution in [0.2, 0.25) is 5.02 Å². The van der Waals surface area contributed by atoms with Crippen molar-refractivity contribution in [3.8, 4) is 0 Å². The maximum absolute atomic E-state index is 12.2. The number of piperidine rings is 1. The summed E-state index contributed by atoms with van der Waals surface area (Å²) in [5.74, 6) is -0.126. The Bertz CT molecular complexity index is 496. The quantitative estimate of drug-likeness (QED) is 0.842. The molecule has 2 rings (SSSR count). The van der Waals surface area contributed by atoms with Crippen molar-refractivity contribution in [1.29, 1.82) is 0 Å². The van der Waals surface area contributed by atoms with Crippen LogP contribution in [-0.2, 0) is 0 Å². The Morgan fingerprint density at radius 2 is 2.10 bits per heavy atom. The van der Waals surface area contributed by atoms with Gasteiger partial charge in [-0.15, -0.1) is 0 Å². The Morgan fingerprint density at radius 1 is 1.45 bits per heavy atom. The average Bonchev–Trinajstić information content (AvgIpc) is 2.40. The molecular formula is C15H22ClN3O. The first-order chi connectivity index (χ1) is 9.39. The molecule has 1 aliphatic rings. The molecule has 4 nitrogen and oxygen atoms in total. The number of likely N-dealkylation sites (tertiary alicyclic amines) is 1. The lowest BCUT2D eigenvalue weighted by atomic mass is 9.80. The summed E-state index contributed by atoms with van der Waals surface area (Å²) in [6.45, 7) is 5.07. The lowest BCUT2D eigenvalue weighted by Crippen LogP contribution is -2.43. The summed E-state index contributed by atoms with van der Waals surface area (Å²) in [7, 11) is 2.13. The molecule has 5 heteroatoms. The zero-order chi connectivity index (χ0) is 14.8. The van der Waals surface area contributed by atoms with Gasteiger partial charge in [-0.2, -0.15) is 0 Å². The van der Waals surface area contributed by atoms with Crippen molar-refractivity contribution in [2.24, 2.45) is 5.41 Å². The minimum atomic E-state index is -0.126. The van der Waals surface area contributed by atoms with Crippen LogP contribution in [0.4, 0.5) is 5.69 Å². The van der Waals surface area contributed by atoms with Crippen LogP contribution in [-0.4, -0.2) is 37.5 Å². The van der Waals surface area contributed by atoms with Gasteiger partial charge in [0.05, 0.1) is 5.56 Å². The molecule has 1 aliphatic heterocycles. The number of carbonyl (C=O) groups is 1. The number of benzene rings is 1. The van der Waals surface area contributed by atoms with Gasteiger partial charge in [0.25, 0.3) is 5.91 Å². The average molecular weight is 296 g/mol. The highest BCUT2D eigenvalue weighted by atomic mass is 35.5. The van der Waals surface area contributed by atoms with Crippen LogP contribution in [0, 0.1) is 5.41 Å². The first kappa shape index (κ1) is 15.1.